The monoisotopic (exact) mass is 910 g/mol. The zero-order valence-corrected chi connectivity index (χ0v) is 42.1. The van der Waals surface area contributed by atoms with Gasteiger partial charge in [0.2, 0.25) is 5.91 Å². The fourth-order valence-electron chi connectivity index (χ4n) is 9.16. The number of hydrogen-bond acceptors (Lipinski definition) is 8. The highest BCUT2D eigenvalue weighted by Crippen LogP contribution is 2.23. The minimum Gasteiger partial charge on any atom is -0.394 e. The first-order chi connectivity index (χ1) is 31.3. The molecule has 6 N–H and O–H groups in total. The molecule has 64 heavy (non-hydrogen) atoms. The molecular formula is C55H107NO8. The molecule has 0 aromatic heterocycles. The molecule has 0 aliphatic carbocycles. The van der Waals surface area contributed by atoms with Crippen LogP contribution < -0.4 is 5.32 Å². The lowest BCUT2D eigenvalue weighted by atomic mass is 9.99. The van der Waals surface area contributed by atoms with Gasteiger partial charge in [-0.05, 0) is 19.3 Å². The summed E-state index contributed by atoms with van der Waals surface area (Å²) in [5, 5.41) is 54.4. The van der Waals surface area contributed by atoms with Gasteiger partial charge in [-0.2, -0.15) is 0 Å². The van der Waals surface area contributed by atoms with Crippen molar-refractivity contribution in [2.24, 2.45) is 0 Å². The predicted octanol–water partition coefficient (Wildman–Crippen LogP) is 13.2. The highest BCUT2D eigenvalue weighted by Gasteiger charge is 2.44. The molecule has 0 radical (unpaired) electrons. The van der Waals surface area contributed by atoms with Crippen molar-refractivity contribution >= 4 is 5.91 Å². The second kappa shape index (κ2) is 45.7. The third-order valence-electron chi connectivity index (χ3n) is 13.6. The van der Waals surface area contributed by atoms with Gasteiger partial charge in [-0.1, -0.05) is 264 Å². The molecule has 0 spiro atoms. The molecule has 1 fully saturated rings. The van der Waals surface area contributed by atoms with Crippen LogP contribution in [0.4, 0.5) is 0 Å². The predicted molar refractivity (Wildman–Crippen MR) is 267 cm³/mol. The molecule has 2 unspecified atom stereocenters. The Morgan fingerprint density at radius 1 is 0.516 bits per heavy atom. The SMILES string of the molecule is CCCCCCCCCCCCCC/C=C/[C@@H](O)[C@H](CO[C@@H]1O[C@H](CO)[C@@H](O)C(O)C1O)NC(=O)CCCCCCCCCCCCCCCCCCCCCCCCCCCCC. The maximum atomic E-state index is 13.0. The molecule has 9 nitrogen and oxygen atoms in total. The smallest absolute Gasteiger partial charge is 0.220 e. The minimum atomic E-state index is -1.56. The molecule has 1 heterocycles. The maximum absolute atomic E-state index is 13.0. The summed E-state index contributed by atoms with van der Waals surface area (Å²) in [6.45, 7) is 3.81. The van der Waals surface area contributed by atoms with Gasteiger partial charge in [-0.25, -0.2) is 0 Å². The number of nitrogens with one attached hydrogen (secondary N) is 1. The van der Waals surface area contributed by atoms with Crippen LogP contribution >= 0.6 is 0 Å². The Morgan fingerprint density at radius 3 is 1.22 bits per heavy atom. The molecule has 1 saturated heterocycles. The number of ether oxygens (including phenoxy) is 2. The Bertz CT molecular complexity index is 1010. The number of carbonyl (C=O) groups is 1. The van der Waals surface area contributed by atoms with Gasteiger partial charge in [-0.3, -0.25) is 4.79 Å². The van der Waals surface area contributed by atoms with Crippen molar-refractivity contribution in [3.63, 3.8) is 0 Å². The van der Waals surface area contributed by atoms with E-state index in [0.29, 0.717) is 6.42 Å². The summed E-state index contributed by atoms with van der Waals surface area (Å²) in [5.41, 5.74) is 0. The lowest BCUT2D eigenvalue weighted by Gasteiger charge is -2.40. The van der Waals surface area contributed by atoms with Gasteiger partial charge in [0.25, 0.3) is 0 Å². The number of aliphatic hydroxyl groups excluding tert-OH is 5. The van der Waals surface area contributed by atoms with Crippen LogP contribution in [0.3, 0.4) is 0 Å². The van der Waals surface area contributed by atoms with E-state index in [2.05, 4.69) is 19.2 Å². The van der Waals surface area contributed by atoms with E-state index < -0.39 is 49.5 Å². The lowest BCUT2D eigenvalue weighted by Crippen LogP contribution is -2.60. The van der Waals surface area contributed by atoms with E-state index in [0.717, 1.165) is 38.5 Å². The fraction of sp³-hybridized carbons (Fsp3) is 0.945. The second-order valence-electron chi connectivity index (χ2n) is 19.7. The largest absolute Gasteiger partial charge is 0.394 e. The third kappa shape index (κ3) is 35.1. The molecule has 0 saturated carbocycles. The van der Waals surface area contributed by atoms with Gasteiger partial charge in [0.15, 0.2) is 6.29 Å². The average molecular weight is 910 g/mol. The first kappa shape index (κ1) is 60.9. The number of aliphatic hydroxyl groups is 5. The molecule has 1 rings (SSSR count). The van der Waals surface area contributed by atoms with E-state index >= 15 is 0 Å². The molecule has 380 valence electrons. The van der Waals surface area contributed by atoms with E-state index in [4.69, 9.17) is 9.47 Å². The highest BCUT2D eigenvalue weighted by molar-refractivity contribution is 5.76. The Balaban J connectivity index is 2.17. The standard InChI is InChI=1S/C55H107NO8/c1-3-5-7-9-11-13-15-17-19-20-21-22-23-24-25-26-27-28-29-30-31-33-35-37-39-41-43-45-51(59)56-48(47-63-55-54(62)53(61)52(60)50(46-57)64-55)49(58)44-42-40-38-36-34-32-18-16-14-12-10-8-6-4-2/h42,44,48-50,52-55,57-58,60-62H,3-41,43,45-47H2,1-2H3,(H,56,59)/b44-42+/t48-,49+,50+,52+,53?,54?,55+/m0/s1. The summed E-state index contributed by atoms with van der Waals surface area (Å²) < 4.78 is 11.2. The molecule has 0 aromatic carbocycles. The number of amides is 1. The summed E-state index contributed by atoms with van der Waals surface area (Å²) in [6.07, 6.45) is 48.5. The summed E-state index contributed by atoms with van der Waals surface area (Å²) in [5.74, 6) is -0.171. The summed E-state index contributed by atoms with van der Waals surface area (Å²) >= 11 is 0. The maximum Gasteiger partial charge on any atom is 0.220 e. The lowest BCUT2D eigenvalue weighted by molar-refractivity contribution is -0.302. The van der Waals surface area contributed by atoms with E-state index in [-0.39, 0.29) is 12.5 Å². The van der Waals surface area contributed by atoms with E-state index in [1.807, 2.05) is 6.08 Å². The van der Waals surface area contributed by atoms with Crippen LogP contribution in [0, 0.1) is 0 Å². The van der Waals surface area contributed by atoms with Crippen molar-refractivity contribution in [1.29, 1.82) is 0 Å². The quantitative estimate of drug-likeness (QED) is 0.0261. The molecule has 1 amide bonds. The Kier molecular flexibility index (Phi) is 43.5. The van der Waals surface area contributed by atoms with Gasteiger partial charge in [0, 0.05) is 6.42 Å². The number of unbranched alkanes of at least 4 members (excludes halogenated alkanes) is 38. The van der Waals surface area contributed by atoms with Crippen LogP contribution in [0.1, 0.15) is 277 Å². The first-order valence-electron chi connectivity index (χ1n) is 27.9. The Hall–Kier alpha value is -1.07. The van der Waals surface area contributed by atoms with E-state index in [1.165, 1.54) is 218 Å². The van der Waals surface area contributed by atoms with Crippen molar-refractivity contribution in [3.05, 3.63) is 12.2 Å². The summed E-state index contributed by atoms with van der Waals surface area (Å²) in [7, 11) is 0. The van der Waals surface area contributed by atoms with Gasteiger partial charge in [0.05, 0.1) is 25.4 Å². The van der Waals surface area contributed by atoms with Crippen molar-refractivity contribution in [2.75, 3.05) is 13.2 Å². The zero-order chi connectivity index (χ0) is 46.6. The number of hydrogen-bond donors (Lipinski definition) is 6. The molecular weight excluding hydrogens is 803 g/mol. The van der Waals surface area contributed by atoms with Crippen LogP contribution in [-0.4, -0.2) is 87.5 Å². The molecule has 0 bridgehead atoms. The topological polar surface area (TPSA) is 149 Å². The number of allylic oxidation sites excluding steroid dienone is 1. The van der Waals surface area contributed by atoms with E-state index in [1.54, 1.807) is 6.08 Å². The van der Waals surface area contributed by atoms with Crippen molar-refractivity contribution in [2.45, 2.75) is 320 Å². The highest BCUT2D eigenvalue weighted by atomic mass is 16.7. The first-order valence-corrected chi connectivity index (χ1v) is 27.9. The van der Waals surface area contributed by atoms with Crippen LogP contribution in [-0.2, 0) is 14.3 Å². The van der Waals surface area contributed by atoms with Crippen LogP contribution in [0.15, 0.2) is 12.2 Å². The molecule has 0 aromatic rings. The summed E-state index contributed by atoms with van der Waals surface area (Å²) in [4.78, 5) is 13.0. The fourth-order valence-corrected chi connectivity index (χ4v) is 9.16. The Labute approximate surface area is 395 Å². The number of rotatable bonds is 48. The number of carbonyl (C=O) groups excluding carboxylic acids is 1. The van der Waals surface area contributed by atoms with Gasteiger partial charge >= 0.3 is 0 Å². The molecule has 1 aliphatic heterocycles. The van der Waals surface area contributed by atoms with Crippen LogP contribution in [0.25, 0.3) is 0 Å². The third-order valence-corrected chi connectivity index (χ3v) is 13.6. The van der Waals surface area contributed by atoms with Crippen LogP contribution in [0.5, 0.6) is 0 Å². The minimum absolute atomic E-state index is 0.171. The van der Waals surface area contributed by atoms with Crippen molar-refractivity contribution < 1.29 is 39.8 Å². The zero-order valence-electron chi connectivity index (χ0n) is 42.1. The normalized spacial score (nSPS) is 20.0. The van der Waals surface area contributed by atoms with Gasteiger partial charge < -0.3 is 40.3 Å². The Morgan fingerprint density at radius 2 is 0.859 bits per heavy atom. The molecule has 1 aliphatic rings. The van der Waals surface area contributed by atoms with Gasteiger partial charge in [0.1, 0.15) is 24.4 Å². The molecule has 7 atom stereocenters. The van der Waals surface area contributed by atoms with Gasteiger partial charge in [-0.15, -0.1) is 0 Å². The summed E-state index contributed by atoms with van der Waals surface area (Å²) in [6, 6.07) is -0.799. The van der Waals surface area contributed by atoms with Crippen molar-refractivity contribution in [1.82, 2.24) is 5.32 Å². The molecule has 9 heteroatoms. The van der Waals surface area contributed by atoms with E-state index in [9.17, 15) is 30.3 Å². The van der Waals surface area contributed by atoms with Crippen LogP contribution in [0.2, 0.25) is 0 Å². The average Bonchev–Trinajstić information content (AvgIpc) is 3.29. The van der Waals surface area contributed by atoms with Crippen molar-refractivity contribution in [3.8, 4) is 0 Å². The second-order valence-corrected chi connectivity index (χ2v) is 19.7.